The highest BCUT2D eigenvalue weighted by Gasteiger charge is 2.22. The first-order chi connectivity index (χ1) is 12.2. The number of nitrogens with two attached hydrogens (primary N) is 1. The van der Waals surface area contributed by atoms with E-state index in [0.29, 0.717) is 29.0 Å². The van der Waals surface area contributed by atoms with Crippen LogP contribution in [0.15, 0.2) is 42.5 Å². The Balaban J connectivity index is 0.000000352. The van der Waals surface area contributed by atoms with Crippen molar-refractivity contribution in [2.45, 2.75) is 20.0 Å². The number of benzene rings is 2. The van der Waals surface area contributed by atoms with Crippen molar-refractivity contribution >= 4 is 21.8 Å². The summed E-state index contributed by atoms with van der Waals surface area (Å²) in [6, 6.07) is 12.5. The van der Waals surface area contributed by atoms with Crippen LogP contribution in [0.1, 0.15) is 34.0 Å². The predicted octanol–water partition coefficient (Wildman–Crippen LogP) is 1.73. The molecule has 26 heavy (non-hydrogen) atoms. The molecule has 2 aromatic carbocycles. The lowest BCUT2D eigenvalue weighted by atomic mass is 9.97. The van der Waals surface area contributed by atoms with Crippen molar-refractivity contribution in [3.63, 3.8) is 0 Å². The number of rotatable bonds is 3. The normalized spacial score (nSPS) is 12.6. The largest absolute Gasteiger partial charge is 0.488 e. The number of carbonyl (C=O) groups is 2. The summed E-state index contributed by atoms with van der Waals surface area (Å²) in [5, 5.41) is 0. The van der Waals surface area contributed by atoms with Gasteiger partial charge in [0.25, 0.3) is 10.1 Å². The topological polar surface area (TPSA) is 124 Å². The molecule has 3 rings (SSSR count). The van der Waals surface area contributed by atoms with Crippen molar-refractivity contribution in [2.24, 2.45) is 5.73 Å². The number of ether oxygens (including phenoxy) is 1. The number of primary amides is 1. The maximum Gasteiger partial charge on any atom is 0.264 e. The van der Waals surface area contributed by atoms with Crippen LogP contribution in [0.3, 0.4) is 0 Å². The molecule has 1 amide bonds. The van der Waals surface area contributed by atoms with Crippen LogP contribution in [0.5, 0.6) is 5.75 Å². The molecule has 138 valence electrons. The molecule has 0 spiro atoms. The van der Waals surface area contributed by atoms with Gasteiger partial charge in [0.05, 0.1) is 17.7 Å². The number of amides is 1. The molecule has 0 saturated carbocycles. The summed E-state index contributed by atoms with van der Waals surface area (Å²) in [7, 11) is -3.66. The van der Waals surface area contributed by atoms with Crippen LogP contribution in [0.4, 0.5) is 0 Å². The van der Waals surface area contributed by atoms with Gasteiger partial charge >= 0.3 is 0 Å². The Bertz CT molecular complexity index is 936. The maximum absolute atomic E-state index is 12.6. The predicted molar refractivity (Wildman–Crippen MR) is 95.6 cm³/mol. The Labute approximate surface area is 151 Å². The number of carbonyl (C=O) groups excluding carboxylic acids is 2. The number of hydrogen-bond acceptors (Lipinski definition) is 5. The Morgan fingerprint density at radius 1 is 1.19 bits per heavy atom. The van der Waals surface area contributed by atoms with E-state index in [1.54, 1.807) is 24.3 Å². The molecule has 7 nitrogen and oxygen atoms in total. The smallest absolute Gasteiger partial charge is 0.264 e. The fraction of sp³-hybridized carbons (Fsp3) is 0.222. The summed E-state index contributed by atoms with van der Waals surface area (Å²) in [6.45, 7) is 1.74. The van der Waals surface area contributed by atoms with E-state index in [1.165, 1.54) is 6.92 Å². The van der Waals surface area contributed by atoms with Gasteiger partial charge in [-0.2, -0.15) is 8.42 Å². The Kier molecular flexibility index (Phi) is 6.12. The molecule has 0 unspecified atom stereocenters. The van der Waals surface area contributed by atoms with Gasteiger partial charge in [0.15, 0.2) is 5.78 Å². The van der Waals surface area contributed by atoms with Crippen molar-refractivity contribution in [3.05, 3.63) is 64.7 Å². The van der Waals surface area contributed by atoms with Crippen LogP contribution < -0.4 is 10.5 Å². The van der Waals surface area contributed by atoms with Crippen molar-refractivity contribution in [2.75, 3.05) is 5.75 Å². The molecule has 1 heterocycles. The molecular weight excluding hydrogens is 358 g/mol. The number of ketones is 1. The summed E-state index contributed by atoms with van der Waals surface area (Å²) < 4.78 is 32.6. The van der Waals surface area contributed by atoms with Crippen molar-refractivity contribution in [1.29, 1.82) is 0 Å². The molecule has 1 aliphatic heterocycles. The van der Waals surface area contributed by atoms with Gasteiger partial charge in [0.1, 0.15) is 12.4 Å². The van der Waals surface area contributed by atoms with Gasteiger partial charge in [-0.1, -0.05) is 30.3 Å². The first-order valence-electron chi connectivity index (χ1n) is 7.83. The second-order valence-electron chi connectivity index (χ2n) is 5.62. The number of hydrogen-bond donors (Lipinski definition) is 2. The third-order valence-corrected chi connectivity index (χ3v) is 4.41. The van der Waals surface area contributed by atoms with E-state index in [4.69, 9.17) is 15.0 Å². The SMILES string of the molecule is CCS(=O)(=O)O.NC(=O)Cc1ccc2c(c1)C(=O)c1ccccc1CO2. The molecule has 0 aromatic heterocycles. The van der Waals surface area contributed by atoms with Gasteiger partial charge in [-0.15, -0.1) is 0 Å². The molecular formula is C18H19NO6S. The van der Waals surface area contributed by atoms with Gasteiger partial charge in [-0.05, 0) is 24.6 Å². The average Bonchev–Trinajstić information content (AvgIpc) is 2.72. The van der Waals surface area contributed by atoms with E-state index >= 15 is 0 Å². The third kappa shape index (κ3) is 5.14. The van der Waals surface area contributed by atoms with E-state index in [2.05, 4.69) is 0 Å². The summed E-state index contributed by atoms with van der Waals surface area (Å²) in [6.07, 6.45) is 0.113. The fourth-order valence-electron chi connectivity index (χ4n) is 2.36. The quantitative estimate of drug-likeness (QED) is 0.785. The van der Waals surface area contributed by atoms with Gasteiger partial charge in [0.2, 0.25) is 5.91 Å². The fourth-order valence-corrected chi connectivity index (χ4v) is 2.36. The van der Waals surface area contributed by atoms with E-state index < -0.39 is 16.0 Å². The zero-order valence-corrected chi connectivity index (χ0v) is 15.0. The lowest BCUT2D eigenvalue weighted by molar-refractivity contribution is -0.117. The van der Waals surface area contributed by atoms with E-state index in [1.807, 2.05) is 18.2 Å². The standard InChI is InChI=1S/C16H13NO3.C2H6O3S/c17-15(18)8-10-5-6-14-13(7-10)16(19)12-4-2-1-3-11(12)9-20-14;1-2-6(3,4)5/h1-7H,8-9H2,(H2,17,18);2H2,1H3,(H,3,4,5). The lowest BCUT2D eigenvalue weighted by Gasteiger charge is -2.07. The maximum atomic E-state index is 12.6. The molecule has 0 bridgehead atoms. The zero-order chi connectivity index (χ0) is 19.3. The van der Waals surface area contributed by atoms with Crippen LogP contribution in [-0.2, 0) is 27.9 Å². The minimum absolute atomic E-state index is 0.0839. The van der Waals surface area contributed by atoms with Crippen LogP contribution in [0, 0.1) is 0 Å². The molecule has 0 fully saturated rings. The van der Waals surface area contributed by atoms with Crippen molar-refractivity contribution in [1.82, 2.24) is 0 Å². The van der Waals surface area contributed by atoms with Crippen LogP contribution in [0.25, 0.3) is 0 Å². The second-order valence-corrected chi connectivity index (χ2v) is 7.36. The van der Waals surface area contributed by atoms with Gasteiger partial charge in [0, 0.05) is 11.1 Å². The molecule has 0 aliphatic carbocycles. The van der Waals surface area contributed by atoms with Gasteiger partial charge in [-0.25, -0.2) is 0 Å². The molecule has 1 aliphatic rings. The third-order valence-electron chi connectivity index (χ3n) is 3.68. The molecule has 0 radical (unpaired) electrons. The minimum Gasteiger partial charge on any atom is -0.488 e. The van der Waals surface area contributed by atoms with Gasteiger partial charge < -0.3 is 10.5 Å². The van der Waals surface area contributed by atoms with E-state index in [0.717, 1.165) is 5.56 Å². The highest BCUT2D eigenvalue weighted by Crippen LogP contribution is 2.29. The zero-order valence-electron chi connectivity index (χ0n) is 14.1. The Morgan fingerprint density at radius 3 is 2.46 bits per heavy atom. The highest BCUT2D eigenvalue weighted by molar-refractivity contribution is 7.85. The summed E-state index contributed by atoms with van der Waals surface area (Å²) in [5.74, 6) is -0.168. The van der Waals surface area contributed by atoms with Crippen LogP contribution in [0.2, 0.25) is 0 Å². The molecule has 3 N–H and O–H groups in total. The summed E-state index contributed by atoms with van der Waals surface area (Å²) in [5.41, 5.74) is 7.89. The first kappa shape index (κ1) is 19.6. The summed E-state index contributed by atoms with van der Waals surface area (Å²) in [4.78, 5) is 23.6. The minimum atomic E-state index is -3.66. The van der Waals surface area contributed by atoms with Crippen LogP contribution >= 0.6 is 0 Å². The summed E-state index contributed by atoms with van der Waals surface area (Å²) >= 11 is 0. The Hall–Kier alpha value is -2.71. The van der Waals surface area contributed by atoms with Crippen molar-refractivity contribution < 1.29 is 27.3 Å². The van der Waals surface area contributed by atoms with Crippen LogP contribution in [-0.4, -0.2) is 30.4 Å². The van der Waals surface area contributed by atoms with E-state index in [9.17, 15) is 18.0 Å². The number of fused-ring (bicyclic) bond motifs is 2. The lowest BCUT2D eigenvalue weighted by Crippen LogP contribution is -2.14. The monoisotopic (exact) mass is 377 g/mol. The molecule has 8 heteroatoms. The average molecular weight is 377 g/mol. The Morgan fingerprint density at radius 2 is 1.85 bits per heavy atom. The molecule has 0 saturated heterocycles. The van der Waals surface area contributed by atoms with Crippen molar-refractivity contribution in [3.8, 4) is 5.75 Å². The second kappa shape index (κ2) is 8.11. The highest BCUT2D eigenvalue weighted by atomic mass is 32.2. The molecule has 2 aromatic rings. The molecule has 0 atom stereocenters. The van der Waals surface area contributed by atoms with E-state index in [-0.39, 0.29) is 18.0 Å². The van der Waals surface area contributed by atoms with Gasteiger partial charge in [-0.3, -0.25) is 14.1 Å². The first-order valence-corrected chi connectivity index (χ1v) is 9.44.